The molecule has 0 unspecified atom stereocenters. The Labute approximate surface area is 117 Å². The lowest BCUT2D eigenvalue weighted by atomic mass is 10.3. The molecule has 0 saturated carbocycles. The summed E-state index contributed by atoms with van der Waals surface area (Å²) in [6.45, 7) is 0.481. The predicted octanol–water partition coefficient (Wildman–Crippen LogP) is 2.76. The number of methoxy groups -OCH3 is 1. The number of anilines is 1. The number of hydrogen-bond donors (Lipinski definition) is 1. The van der Waals surface area contributed by atoms with Crippen LogP contribution in [0.25, 0.3) is 0 Å². The van der Waals surface area contributed by atoms with Gasteiger partial charge in [-0.1, -0.05) is 11.6 Å². The average molecular weight is 285 g/mol. The molecule has 0 atom stereocenters. The van der Waals surface area contributed by atoms with Crippen molar-refractivity contribution in [2.45, 2.75) is 12.8 Å². The molecule has 0 heterocycles. The summed E-state index contributed by atoms with van der Waals surface area (Å²) in [6.07, 6.45) is 0.867. The average Bonchev–Trinajstić information content (AvgIpc) is 2.40. The third-order valence-electron chi connectivity index (χ3n) is 2.54. The highest BCUT2D eigenvalue weighted by Gasteiger charge is 2.09. The quantitative estimate of drug-likeness (QED) is 0.846. The summed E-state index contributed by atoms with van der Waals surface area (Å²) in [4.78, 5) is 24.3. The van der Waals surface area contributed by atoms with Crippen molar-refractivity contribution < 1.29 is 14.3 Å². The van der Waals surface area contributed by atoms with Crippen molar-refractivity contribution in [2.75, 3.05) is 26.0 Å². The Kier molecular flexibility index (Phi) is 6.15. The largest absolute Gasteiger partial charge is 0.469 e. The van der Waals surface area contributed by atoms with Crippen molar-refractivity contribution in [3.8, 4) is 0 Å². The SMILES string of the molecule is COC(=O)CCCN(C)C(=O)Nc1ccc(Cl)cc1. The summed E-state index contributed by atoms with van der Waals surface area (Å²) in [5, 5.41) is 3.35. The van der Waals surface area contributed by atoms with E-state index in [2.05, 4.69) is 10.1 Å². The molecule has 0 spiro atoms. The minimum atomic E-state index is -0.272. The van der Waals surface area contributed by atoms with Gasteiger partial charge in [0.2, 0.25) is 0 Å². The van der Waals surface area contributed by atoms with E-state index >= 15 is 0 Å². The first-order valence-corrected chi connectivity index (χ1v) is 6.25. The van der Waals surface area contributed by atoms with E-state index < -0.39 is 0 Å². The van der Waals surface area contributed by atoms with Gasteiger partial charge < -0.3 is 15.0 Å². The van der Waals surface area contributed by atoms with E-state index in [1.165, 1.54) is 12.0 Å². The second-order valence-electron chi connectivity index (χ2n) is 4.04. The van der Waals surface area contributed by atoms with Crippen LogP contribution in [0.3, 0.4) is 0 Å². The van der Waals surface area contributed by atoms with Gasteiger partial charge in [-0.2, -0.15) is 0 Å². The first-order valence-electron chi connectivity index (χ1n) is 5.87. The fraction of sp³-hybridized carbons (Fsp3) is 0.385. The number of carbonyl (C=O) groups excluding carboxylic acids is 2. The van der Waals surface area contributed by atoms with Gasteiger partial charge in [0.25, 0.3) is 0 Å². The monoisotopic (exact) mass is 284 g/mol. The molecule has 0 radical (unpaired) electrons. The van der Waals surface area contributed by atoms with E-state index in [-0.39, 0.29) is 12.0 Å². The molecule has 1 aromatic rings. The maximum Gasteiger partial charge on any atom is 0.321 e. The Morgan fingerprint density at radius 3 is 2.53 bits per heavy atom. The number of rotatable bonds is 5. The number of nitrogens with one attached hydrogen (secondary N) is 1. The van der Waals surface area contributed by atoms with Crippen LogP contribution < -0.4 is 5.32 Å². The number of hydrogen-bond acceptors (Lipinski definition) is 3. The Morgan fingerprint density at radius 1 is 1.32 bits per heavy atom. The molecular weight excluding hydrogens is 268 g/mol. The molecule has 0 saturated heterocycles. The fourth-order valence-electron chi connectivity index (χ4n) is 1.42. The molecule has 2 amide bonds. The first-order chi connectivity index (χ1) is 9.02. The van der Waals surface area contributed by atoms with Crippen LogP contribution in [-0.4, -0.2) is 37.6 Å². The van der Waals surface area contributed by atoms with Gasteiger partial charge in [0.1, 0.15) is 0 Å². The van der Waals surface area contributed by atoms with Crippen molar-refractivity contribution in [1.82, 2.24) is 4.90 Å². The van der Waals surface area contributed by atoms with Crippen LogP contribution in [0.4, 0.5) is 10.5 Å². The molecule has 0 aromatic heterocycles. The predicted molar refractivity (Wildman–Crippen MR) is 74.4 cm³/mol. The minimum Gasteiger partial charge on any atom is -0.469 e. The van der Waals surface area contributed by atoms with Crippen molar-refractivity contribution in [3.05, 3.63) is 29.3 Å². The topological polar surface area (TPSA) is 58.6 Å². The van der Waals surface area contributed by atoms with E-state index in [0.29, 0.717) is 30.1 Å². The summed E-state index contributed by atoms with van der Waals surface area (Å²) in [6, 6.07) is 6.63. The highest BCUT2D eigenvalue weighted by molar-refractivity contribution is 6.30. The van der Waals surface area contributed by atoms with E-state index in [1.54, 1.807) is 31.3 Å². The van der Waals surface area contributed by atoms with Crippen molar-refractivity contribution in [1.29, 1.82) is 0 Å². The lowest BCUT2D eigenvalue weighted by molar-refractivity contribution is -0.140. The van der Waals surface area contributed by atoms with E-state index in [0.717, 1.165) is 0 Å². The third-order valence-corrected chi connectivity index (χ3v) is 2.80. The zero-order valence-electron chi connectivity index (χ0n) is 11.0. The van der Waals surface area contributed by atoms with Crippen LogP contribution in [0.5, 0.6) is 0 Å². The number of nitrogens with zero attached hydrogens (tertiary/aromatic N) is 1. The Bertz CT molecular complexity index is 434. The van der Waals surface area contributed by atoms with Gasteiger partial charge >= 0.3 is 12.0 Å². The van der Waals surface area contributed by atoms with Gasteiger partial charge in [-0.25, -0.2) is 4.79 Å². The maximum atomic E-state index is 11.8. The summed E-state index contributed by atoms with van der Waals surface area (Å²) < 4.78 is 4.53. The molecular formula is C13H17ClN2O3. The van der Waals surface area contributed by atoms with E-state index in [4.69, 9.17) is 11.6 Å². The summed E-state index contributed by atoms with van der Waals surface area (Å²) in [7, 11) is 3.02. The summed E-state index contributed by atoms with van der Waals surface area (Å²) in [5.41, 5.74) is 0.675. The first kappa shape index (κ1) is 15.3. The zero-order valence-corrected chi connectivity index (χ0v) is 11.7. The van der Waals surface area contributed by atoms with Gasteiger partial charge in [-0.05, 0) is 30.7 Å². The van der Waals surface area contributed by atoms with E-state index in [1.807, 2.05) is 0 Å². The summed E-state index contributed by atoms with van der Waals surface area (Å²) >= 11 is 5.76. The Morgan fingerprint density at radius 2 is 1.95 bits per heavy atom. The van der Waals surface area contributed by atoms with Crippen molar-refractivity contribution in [2.24, 2.45) is 0 Å². The number of amides is 2. The van der Waals surface area contributed by atoms with E-state index in [9.17, 15) is 9.59 Å². The lowest BCUT2D eigenvalue weighted by Gasteiger charge is -2.17. The number of ether oxygens (including phenoxy) is 1. The lowest BCUT2D eigenvalue weighted by Crippen LogP contribution is -2.32. The van der Waals surface area contributed by atoms with Crippen molar-refractivity contribution in [3.63, 3.8) is 0 Å². The molecule has 0 aliphatic rings. The normalized spacial score (nSPS) is 9.84. The standard InChI is InChI=1S/C13H17ClN2O3/c1-16(9-3-4-12(17)19-2)13(18)15-11-7-5-10(14)6-8-11/h5-8H,3-4,9H2,1-2H3,(H,15,18). The summed E-state index contributed by atoms with van der Waals surface area (Å²) in [5.74, 6) is -0.272. The van der Waals surface area contributed by atoms with Crippen LogP contribution in [-0.2, 0) is 9.53 Å². The molecule has 1 N–H and O–H groups in total. The molecule has 0 bridgehead atoms. The Balaban J connectivity index is 2.36. The molecule has 104 valence electrons. The minimum absolute atomic E-state index is 0.229. The van der Waals surface area contributed by atoms with Crippen LogP contribution >= 0.6 is 11.6 Å². The highest BCUT2D eigenvalue weighted by atomic mass is 35.5. The third kappa shape index (κ3) is 5.61. The van der Waals surface area contributed by atoms with Gasteiger partial charge in [-0.3, -0.25) is 4.79 Å². The number of urea groups is 1. The molecule has 5 nitrogen and oxygen atoms in total. The van der Waals surface area contributed by atoms with Crippen LogP contribution in [0.15, 0.2) is 24.3 Å². The molecule has 1 aromatic carbocycles. The van der Waals surface area contributed by atoms with Gasteiger partial charge in [-0.15, -0.1) is 0 Å². The van der Waals surface area contributed by atoms with Gasteiger partial charge in [0, 0.05) is 30.7 Å². The number of halogens is 1. The second kappa shape index (κ2) is 7.63. The fourth-order valence-corrected chi connectivity index (χ4v) is 1.54. The van der Waals surface area contributed by atoms with Crippen LogP contribution in [0.2, 0.25) is 5.02 Å². The number of benzene rings is 1. The number of esters is 1. The van der Waals surface area contributed by atoms with Crippen LogP contribution in [0, 0.1) is 0 Å². The molecule has 19 heavy (non-hydrogen) atoms. The molecule has 0 fully saturated rings. The Hall–Kier alpha value is -1.75. The molecule has 1 rings (SSSR count). The molecule has 6 heteroatoms. The molecule has 0 aliphatic carbocycles. The number of carbonyl (C=O) groups is 2. The van der Waals surface area contributed by atoms with Gasteiger partial charge in [0.05, 0.1) is 7.11 Å². The molecule has 0 aliphatic heterocycles. The highest BCUT2D eigenvalue weighted by Crippen LogP contribution is 2.13. The second-order valence-corrected chi connectivity index (χ2v) is 4.47. The maximum absolute atomic E-state index is 11.8. The van der Waals surface area contributed by atoms with Crippen LogP contribution in [0.1, 0.15) is 12.8 Å². The van der Waals surface area contributed by atoms with Crippen molar-refractivity contribution >= 4 is 29.3 Å². The smallest absolute Gasteiger partial charge is 0.321 e. The zero-order chi connectivity index (χ0) is 14.3. The van der Waals surface area contributed by atoms with Gasteiger partial charge in [0.15, 0.2) is 0 Å².